The maximum absolute atomic E-state index is 11.7. The number of halogens is 6. The van der Waals surface area contributed by atoms with Gasteiger partial charge in [0.2, 0.25) is 0 Å². The van der Waals surface area contributed by atoms with Crippen LogP contribution in [0.15, 0.2) is 0 Å². The number of esters is 2. The zero-order chi connectivity index (χ0) is 16.0. The molecule has 0 unspecified atom stereocenters. The summed E-state index contributed by atoms with van der Waals surface area (Å²) in [7, 11) is 0. The number of hydrogen-bond donors (Lipinski definition) is 1. The summed E-state index contributed by atoms with van der Waals surface area (Å²) in [4.78, 5) is 20.6. The van der Waals surface area contributed by atoms with Crippen LogP contribution in [0.5, 0.6) is 0 Å². The fourth-order valence-electron chi connectivity index (χ4n) is 0.914. The Morgan fingerprint density at radius 2 is 1.15 bits per heavy atom. The quantitative estimate of drug-likeness (QED) is 0.591. The lowest BCUT2D eigenvalue weighted by Crippen LogP contribution is -2.30. The summed E-state index contributed by atoms with van der Waals surface area (Å²) in [5.41, 5.74) is 5.32. The first-order valence-corrected chi connectivity index (χ1v) is 5.18. The van der Waals surface area contributed by atoms with E-state index < -0.39 is 43.5 Å². The van der Waals surface area contributed by atoms with E-state index in [-0.39, 0.29) is 12.8 Å². The fourth-order valence-corrected chi connectivity index (χ4v) is 0.914. The summed E-state index contributed by atoms with van der Waals surface area (Å²) in [6.07, 6.45) is -10.7. The summed E-state index contributed by atoms with van der Waals surface area (Å²) in [5, 5.41) is 0. The van der Waals surface area contributed by atoms with Gasteiger partial charge in [0.1, 0.15) is 0 Å². The van der Waals surface area contributed by atoms with Crippen LogP contribution in [0.1, 0.15) is 12.8 Å². The van der Waals surface area contributed by atoms with Gasteiger partial charge in [-0.2, -0.15) is 26.3 Å². The predicted octanol–water partition coefficient (Wildman–Crippen LogP) is 1.30. The molecule has 0 aliphatic heterocycles. The van der Waals surface area contributed by atoms with Crippen molar-refractivity contribution >= 4 is 11.9 Å². The molecule has 0 rings (SSSR count). The Morgan fingerprint density at radius 3 is 1.40 bits per heavy atom. The van der Waals surface area contributed by atoms with Gasteiger partial charge < -0.3 is 15.2 Å². The molecule has 0 aromatic rings. The van der Waals surface area contributed by atoms with Crippen LogP contribution in [0.2, 0.25) is 0 Å². The molecule has 0 aliphatic carbocycles. The Balaban J connectivity index is 3.78. The standard InChI is InChI=1S/C9H11F6NO4/c10-8(11,12)6(17)19-3-1-5(16)2-4-20-7(18)9(13,14)15/h5H,1-4,16H2. The number of carbonyl (C=O) groups excluding carboxylic acids is 2. The summed E-state index contributed by atoms with van der Waals surface area (Å²) < 4.78 is 77.9. The molecule has 0 saturated heterocycles. The normalized spacial score (nSPS) is 12.4. The highest BCUT2D eigenvalue weighted by atomic mass is 19.4. The Hall–Kier alpha value is -1.52. The largest absolute Gasteiger partial charge is 0.490 e. The molecule has 0 radical (unpaired) electrons. The van der Waals surface area contributed by atoms with Crippen LogP contribution in [-0.2, 0) is 19.1 Å². The first-order valence-electron chi connectivity index (χ1n) is 5.18. The summed E-state index contributed by atoms with van der Waals surface area (Å²) in [5.74, 6) is -4.76. The molecule has 0 heterocycles. The van der Waals surface area contributed by atoms with E-state index in [2.05, 4.69) is 9.47 Å². The Kier molecular flexibility index (Phi) is 6.76. The van der Waals surface area contributed by atoms with Crippen molar-refractivity contribution in [3.8, 4) is 0 Å². The molecule has 0 amide bonds. The van der Waals surface area contributed by atoms with E-state index >= 15 is 0 Å². The molecule has 2 N–H and O–H groups in total. The summed E-state index contributed by atoms with van der Waals surface area (Å²) in [6.45, 7) is -1.29. The van der Waals surface area contributed by atoms with Gasteiger partial charge in [-0.15, -0.1) is 0 Å². The number of alkyl halides is 6. The Morgan fingerprint density at radius 1 is 0.850 bits per heavy atom. The third-order valence-electron chi connectivity index (χ3n) is 1.91. The number of ether oxygens (including phenoxy) is 2. The SMILES string of the molecule is NC(CCOC(=O)C(F)(F)F)CCOC(=O)C(F)(F)F. The molecule has 118 valence electrons. The van der Waals surface area contributed by atoms with Crippen molar-refractivity contribution in [1.82, 2.24) is 0 Å². The molecule has 5 nitrogen and oxygen atoms in total. The van der Waals surface area contributed by atoms with Crippen molar-refractivity contribution < 1.29 is 45.4 Å². The first kappa shape index (κ1) is 18.5. The van der Waals surface area contributed by atoms with Crippen molar-refractivity contribution in [3.05, 3.63) is 0 Å². The number of rotatable bonds is 6. The smallest absolute Gasteiger partial charge is 0.459 e. The Labute approximate surface area is 109 Å². The molecule has 0 spiro atoms. The maximum atomic E-state index is 11.7. The highest BCUT2D eigenvalue weighted by molar-refractivity contribution is 5.75. The predicted molar refractivity (Wildman–Crippen MR) is 51.2 cm³/mol. The van der Waals surface area contributed by atoms with E-state index in [1.165, 1.54) is 0 Å². The van der Waals surface area contributed by atoms with Crippen LogP contribution in [0.4, 0.5) is 26.3 Å². The average molecular weight is 311 g/mol. The van der Waals surface area contributed by atoms with Crippen molar-refractivity contribution in [1.29, 1.82) is 0 Å². The number of nitrogens with two attached hydrogens (primary N) is 1. The van der Waals surface area contributed by atoms with Gasteiger partial charge in [-0.1, -0.05) is 0 Å². The highest BCUT2D eigenvalue weighted by Crippen LogP contribution is 2.17. The zero-order valence-electron chi connectivity index (χ0n) is 9.88. The van der Waals surface area contributed by atoms with Crippen molar-refractivity contribution in [3.63, 3.8) is 0 Å². The molecular weight excluding hydrogens is 300 g/mol. The van der Waals surface area contributed by atoms with E-state index in [9.17, 15) is 35.9 Å². The lowest BCUT2D eigenvalue weighted by Gasteiger charge is -2.13. The fraction of sp³-hybridized carbons (Fsp3) is 0.778. The molecule has 11 heteroatoms. The molecule has 0 bridgehead atoms. The molecule has 0 atom stereocenters. The number of hydrogen-bond acceptors (Lipinski definition) is 5. The molecule has 0 aliphatic rings. The van der Waals surface area contributed by atoms with E-state index in [4.69, 9.17) is 5.73 Å². The molecule has 0 saturated carbocycles. The molecule has 0 aromatic heterocycles. The summed E-state index contributed by atoms with van der Waals surface area (Å²) >= 11 is 0. The second-order valence-electron chi connectivity index (χ2n) is 3.60. The van der Waals surface area contributed by atoms with Crippen molar-refractivity contribution in [2.24, 2.45) is 5.73 Å². The van der Waals surface area contributed by atoms with Gasteiger partial charge >= 0.3 is 24.3 Å². The summed E-state index contributed by atoms with van der Waals surface area (Å²) in [6, 6.07) is -0.878. The van der Waals surface area contributed by atoms with Crippen LogP contribution >= 0.6 is 0 Å². The van der Waals surface area contributed by atoms with Gasteiger partial charge in [0.25, 0.3) is 0 Å². The number of carbonyl (C=O) groups is 2. The van der Waals surface area contributed by atoms with E-state index in [0.717, 1.165) is 0 Å². The molecular formula is C9H11F6NO4. The van der Waals surface area contributed by atoms with Crippen LogP contribution in [0, 0.1) is 0 Å². The second kappa shape index (κ2) is 7.31. The second-order valence-corrected chi connectivity index (χ2v) is 3.60. The Bertz CT molecular complexity index is 308. The highest BCUT2D eigenvalue weighted by Gasteiger charge is 2.41. The minimum absolute atomic E-state index is 0.217. The van der Waals surface area contributed by atoms with Crippen LogP contribution in [0.25, 0.3) is 0 Å². The molecule has 0 fully saturated rings. The monoisotopic (exact) mass is 311 g/mol. The minimum atomic E-state index is -5.12. The van der Waals surface area contributed by atoms with Gasteiger partial charge in [0, 0.05) is 6.04 Å². The first-order chi connectivity index (χ1) is 8.94. The van der Waals surface area contributed by atoms with Gasteiger partial charge in [-0.05, 0) is 12.8 Å². The van der Waals surface area contributed by atoms with Crippen LogP contribution < -0.4 is 5.73 Å². The van der Waals surface area contributed by atoms with Crippen molar-refractivity contribution in [2.75, 3.05) is 13.2 Å². The van der Waals surface area contributed by atoms with Crippen LogP contribution in [-0.4, -0.2) is 43.5 Å². The third-order valence-corrected chi connectivity index (χ3v) is 1.91. The van der Waals surface area contributed by atoms with Gasteiger partial charge in [0.15, 0.2) is 0 Å². The van der Waals surface area contributed by atoms with E-state index in [1.54, 1.807) is 0 Å². The van der Waals surface area contributed by atoms with E-state index in [1.807, 2.05) is 0 Å². The maximum Gasteiger partial charge on any atom is 0.490 e. The zero-order valence-corrected chi connectivity index (χ0v) is 9.88. The van der Waals surface area contributed by atoms with Gasteiger partial charge in [-0.3, -0.25) is 0 Å². The van der Waals surface area contributed by atoms with Crippen molar-refractivity contribution in [2.45, 2.75) is 31.2 Å². The molecule has 0 aromatic carbocycles. The lowest BCUT2D eigenvalue weighted by atomic mass is 10.2. The third kappa shape index (κ3) is 7.81. The average Bonchev–Trinajstić information content (AvgIpc) is 2.26. The molecule has 20 heavy (non-hydrogen) atoms. The lowest BCUT2D eigenvalue weighted by molar-refractivity contribution is -0.200. The minimum Gasteiger partial charge on any atom is -0.459 e. The topological polar surface area (TPSA) is 78.6 Å². The van der Waals surface area contributed by atoms with E-state index in [0.29, 0.717) is 0 Å². The van der Waals surface area contributed by atoms with Gasteiger partial charge in [-0.25, -0.2) is 9.59 Å². The van der Waals surface area contributed by atoms with Gasteiger partial charge in [0.05, 0.1) is 13.2 Å². The van der Waals surface area contributed by atoms with Crippen LogP contribution in [0.3, 0.4) is 0 Å².